The molecule has 1 saturated carbocycles. The van der Waals surface area contributed by atoms with E-state index < -0.39 is 0 Å². The maximum absolute atomic E-state index is 12.3. The second-order valence-corrected chi connectivity index (χ2v) is 10.2. The lowest BCUT2D eigenvalue weighted by Gasteiger charge is -2.29. The Hall–Kier alpha value is -3.94. The SMILES string of the molecule is CC(C)CCC(=O)NC1CCC(n2nc(-c3ccc(Oc4ccccc4)cc3)c3c(N)ncnc32)CC1. The van der Waals surface area contributed by atoms with Crippen molar-refractivity contribution in [3.05, 3.63) is 60.9 Å². The predicted octanol–water partition coefficient (Wildman–Crippen LogP) is 5.90. The van der Waals surface area contributed by atoms with E-state index in [1.54, 1.807) is 0 Å². The lowest BCUT2D eigenvalue weighted by molar-refractivity contribution is -0.122. The number of hydrogen-bond acceptors (Lipinski definition) is 6. The Morgan fingerprint density at radius 1 is 1.03 bits per heavy atom. The maximum atomic E-state index is 12.3. The van der Waals surface area contributed by atoms with E-state index in [2.05, 4.69) is 29.1 Å². The van der Waals surface area contributed by atoms with Gasteiger partial charge in [-0.1, -0.05) is 32.0 Å². The third kappa shape index (κ3) is 5.74. The van der Waals surface area contributed by atoms with Crippen LogP contribution < -0.4 is 15.8 Å². The number of rotatable bonds is 8. The number of nitrogens with two attached hydrogens (primary N) is 1. The molecule has 2 heterocycles. The van der Waals surface area contributed by atoms with Crippen LogP contribution in [0.15, 0.2) is 60.9 Å². The molecule has 0 aliphatic heterocycles. The van der Waals surface area contributed by atoms with E-state index in [9.17, 15) is 4.79 Å². The molecule has 0 spiro atoms. The van der Waals surface area contributed by atoms with Crippen LogP contribution in [0.3, 0.4) is 0 Å². The molecule has 0 bridgehead atoms. The first-order valence-corrected chi connectivity index (χ1v) is 13.1. The summed E-state index contributed by atoms with van der Waals surface area (Å²) >= 11 is 0. The van der Waals surface area contributed by atoms with E-state index in [-0.39, 0.29) is 18.0 Å². The van der Waals surface area contributed by atoms with Crippen LogP contribution in [-0.4, -0.2) is 31.7 Å². The van der Waals surface area contributed by atoms with Crippen LogP contribution in [0, 0.1) is 5.92 Å². The zero-order chi connectivity index (χ0) is 25.8. The lowest BCUT2D eigenvalue weighted by atomic mass is 9.91. The normalized spacial score (nSPS) is 17.7. The number of para-hydroxylation sites is 1. The molecule has 2 aromatic carbocycles. The number of aromatic nitrogens is 4. The van der Waals surface area contributed by atoms with Gasteiger partial charge in [-0.2, -0.15) is 5.10 Å². The molecule has 5 rings (SSSR count). The summed E-state index contributed by atoms with van der Waals surface area (Å²) in [6.07, 6.45) is 6.68. The van der Waals surface area contributed by atoms with Crippen molar-refractivity contribution >= 4 is 22.8 Å². The quantitative estimate of drug-likeness (QED) is 0.313. The summed E-state index contributed by atoms with van der Waals surface area (Å²) in [5.41, 5.74) is 8.76. The highest BCUT2D eigenvalue weighted by molar-refractivity contribution is 5.98. The fourth-order valence-electron chi connectivity index (χ4n) is 4.94. The molecular weight excluding hydrogens is 464 g/mol. The summed E-state index contributed by atoms with van der Waals surface area (Å²) in [6.45, 7) is 4.29. The van der Waals surface area contributed by atoms with E-state index in [1.807, 2.05) is 59.3 Å². The fraction of sp³-hybridized carbons (Fsp3) is 0.379. The Morgan fingerprint density at radius 3 is 2.43 bits per heavy atom. The molecular formula is C29H34N6O2. The first-order chi connectivity index (χ1) is 18.0. The Bertz CT molecular complexity index is 1340. The molecule has 0 radical (unpaired) electrons. The topological polar surface area (TPSA) is 108 Å². The van der Waals surface area contributed by atoms with Crippen molar-refractivity contribution in [1.82, 2.24) is 25.1 Å². The highest BCUT2D eigenvalue weighted by Crippen LogP contribution is 2.36. The summed E-state index contributed by atoms with van der Waals surface area (Å²) in [5.74, 6) is 2.64. The third-order valence-corrected chi connectivity index (χ3v) is 6.98. The zero-order valence-corrected chi connectivity index (χ0v) is 21.4. The van der Waals surface area contributed by atoms with Crippen LogP contribution in [-0.2, 0) is 4.79 Å². The molecule has 2 aromatic heterocycles. The number of ether oxygens (including phenoxy) is 1. The molecule has 3 N–H and O–H groups in total. The van der Waals surface area contributed by atoms with Crippen LogP contribution >= 0.6 is 0 Å². The average Bonchev–Trinajstić information content (AvgIpc) is 3.30. The zero-order valence-electron chi connectivity index (χ0n) is 21.4. The van der Waals surface area contributed by atoms with Crippen LogP contribution in [0.25, 0.3) is 22.3 Å². The van der Waals surface area contributed by atoms with E-state index in [4.69, 9.17) is 15.6 Å². The lowest BCUT2D eigenvalue weighted by Crippen LogP contribution is -2.38. The van der Waals surface area contributed by atoms with Crippen molar-refractivity contribution in [2.45, 2.75) is 64.5 Å². The first-order valence-electron chi connectivity index (χ1n) is 13.1. The van der Waals surface area contributed by atoms with E-state index in [0.717, 1.165) is 65.9 Å². The number of nitrogen functional groups attached to an aromatic ring is 1. The van der Waals surface area contributed by atoms with Gasteiger partial charge in [0.25, 0.3) is 0 Å². The number of amides is 1. The van der Waals surface area contributed by atoms with Crippen molar-refractivity contribution in [1.29, 1.82) is 0 Å². The van der Waals surface area contributed by atoms with Crippen LogP contribution in [0.5, 0.6) is 11.5 Å². The predicted molar refractivity (Wildman–Crippen MR) is 145 cm³/mol. The molecule has 1 fully saturated rings. The van der Waals surface area contributed by atoms with Gasteiger partial charge in [0.2, 0.25) is 5.91 Å². The smallest absolute Gasteiger partial charge is 0.220 e. The molecule has 1 aliphatic rings. The largest absolute Gasteiger partial charge is 0.457 e. The highest BCUT2D eigenvalue weighted by atomic mass is 16.5. The van der Waals surface area contributed by atoms with Gasteiger partial charge in [-0.15, -0.1) is 0 Å². The molecule has 0 atom stereocenters. The van der Waals surface area contributed by atoms with E-state index in [1.165, 1.54) is 6.33 Å². The Kier molecular flexibility index (Phi) is 7.35. The van der Waals surface area contributed by atoms with Gasteiger partial charge < -0.3 is 15.8 Å². The summed E-state index contributed by atoms with van der Waals surface area (Å²) in [5, 5.41) is 8.99. The molecule has 8 nitrogen and oxygen atoms in total. The fourth-order valence-corrected chi connectivity index (χ4v) is 4.94. The van der Waals surface area contributed by atoms with Crippen molar-refractivity contribution in [2.24, 2.45) is 5.92 Å². The van der Waals surface area contributed by atoms with Gasteiger partial charge in [0.05, 0.1) is 11.4 Å². The number of carbonyl (C=O) groups is 1. The molecule has 4 aromatic rings. The molecule has 0 saturated heterocycles. The summed E-state index contributed by atoms with van der Waals surface area (Å²) in [4.78, 5) is 21.1. The van der Waals surface area contributed by atoms with Gasteiger partial charge in [0.1, 0.15) is 29.3 Å². The van der Waals surface area contributed by atoms with Crippen LogP contribution in [0.4, 0.5) is 5.82 Å². The Morgan fingerprint density at radius 2 is 1.73 bits per heavy atom. The van der Waals surface area contributed by atoms with Gasteiger partial charge in [-0.25, -0.2) is 14.6 Å². The van der Waals surface area contributed by atoms with Crippen molar-refractivity contribution in [2.75, 3.05) is 5.73 Å². The highest BCUT2D eigenvalue weighted by Gasteiger charge is 2.27. The molecule has 1 amide bonds. The molecule has 192 valence electrons. The number of anilines is 1. The standard InChI is InChI=1S/C29H34N6O2/c1-19(2)8-17-25(36)33-21-11-13-22(14-12-21)35-29-26(28(30)31-18-32-29)27(34-35)20-9-15-24(16-10-20)37-23-6-4-3-5-7-23/h3-7,9-10,15-16,18-19,21-22H,8,11-14,17H2,1-2H3,(H,33,36)(H2,30,31,32). The summed E-state index contributed by atoms with van der Waals surface area (Å²) < 4.78 is 7.95. The minimum Gasteiger partial charge on any atom is -0.457 e. The van der Waals surface area contributed by atoms with Gasteiger partial charge >= 0.3 is 0 Å². The Labute approximate surface area is 217 Å². The van der Waals surface area contributed by atoms with E-state index in [0.29, 0.717) is 18.2 Å². The molecule has 8 heteroatoms. The Balaban J connectivity index is 1.33. The number of hydrogen-bond donors (Lipinski definition) is 2. The van der Waals surface area contributed by atoms with Gasteiger partial charge in [-0.05, 0) is 74.4 Å². The number of nitrogens with one attached hydrogen (secondary N) is 1. The molecule has 0 unspecified atom stereocenters. The van der Waals surface area contributed by atoms with Gasteiger partial charge in [-0.3, -0.25) is 4.79 Å². The van der Waals surface area contributed by atoms with Gasteiger partial charge in [0, 0.05) is 18.0 Å². The first kappa shape index (κ1) is 24.7. The minimum atomic E-state index is 0.157. The summed E-state index contributed by atoms with van der Waals surface area (Å²) in [7, 11) is 0. The molecule has 37 heavy (non-hydrogen) atoms. The number of nitrogens with zero attached hydrogens (tertiary/aromatic N) is 4. The molecule has 1 aliphatic carbocycles. The number of fused-ring (bicyclic) bond motifs is 1. The number of benzene rings is 2. The monoisotopic (exact) mass is 498 g/mol. The van der Waals surface area contributed by atoms with Gasteiger partial charge in [0.15, 0.2) is 5.65 Å². The summed E-state index contributed by atoms with van der Waals surface area (Å²) in [6, 6.07) is 17.9. The van der Waals surface area contributed by atoms with Crippen molar-refractivity contribution < 1.29 is 9.53 Å². The van der Waals surface area contributed by atoms with Crippen LogP contribution in [0.1, 0.15) is 58.4 Å². The van der Waals surface area contributed by atoms with Crippen LogP contribution in [0.2, 0.25) is 0 Å². The van der Waals surface area contributed by atoms with Crippen molar-refractivity contribution in [3.63, 3.8) is 0 Å². The third-order valence-electron chi connectivity index (χ3n) is 6.98. The maximum Gasteiger partial charge on any atom is 0.220 e. The second-order valence-electron chi connectivity index (χ2n) is 10.2. The van der Waals surface area contributed by atoms with E-state index >= 15 is 0 Å². The minimum absolute atomic E-state index is 0.157. The second kappa shape index (κ2) is 11.0. The average molecular weight is 499 g/mol. The number of carbonyl (C=O) groups excluding carboxylic acids is 1. The van der Waals surface area contributed by atoms with Crippen molar-refractivity contribution in [3.8, 4) is 22.8 Å².